The third kappa shape index (κ3) is 22.9. The lowest BCUT2D eigenvalue weighted by atomic mass is 10.2. The smallest absolute Gasteiger partial charge is 0.410 e. The van der Waals surface area contributed by atoms with Gasteiger partial charge in [0.25, 0.3) is 11.8 Å². The summed E-state index contributed by atoms with van der Waals surface area (Å²) < 4.78 is 23.6. The predicted octanol–water partition coefficient (Wildman–Crippen LogP) is -0.195. The molecule has 8 amide bonds. The van der Waals surface area contributed by atoms with Gasteiger partial charge in [0.05, 0.1) is 14.2 Å². The van der Waals surface area contributed by atoms with Gasteiger partial charge in [-0.05, 0) is 99.6 Å². The Bertz CT molecular complexity index is 1590. The highest BCUT2D eigenvalue weighted by Gasteiger charge is 2.39. The largest absolute Gasteiger partial charge is 0.468 e. The van der Waals surface area contributed by atoms with Crippen molar-refractivity contribution in [1.82, 2.24) is 42.1 Å². The third-order valence-corrected chi connectivity index (χ3v) is 7.13. The van der Waals surface area contributed by atoms with Crippen molar-refractivity contribution in [1.29, 1.82) is 0 Å². The standard InChI is InChI=1S/C15H24N4O7.C14H24N4O6.C6H9ClO3/c1-15(2,3)26-13(23)12(22)19-7-5-6-9(19)11(21)17-18-14(24)16-8-10(20)25-4;1-14(2,3)24-13(22)18-7-5-6-9(18)11(20)16-17-12(21)15-8-10(19)23-4;1-6(2,3)10-5(9)4(7)8/h9H,5-8H2,1-4H3,(H,17,21)(H2,16,18,24);9H,5-8H2,1-4H3,(H,16,20)(H2,15,17,21);1-3H3/t2*9-;/m00./s1. The Kier molecular flexibility index (Phi) is 22.4. The number of halogens is 1. The summed E-state index contributed by atoms with van der Waals surface area (Å²) in [5.74, 6) is -5.43. The molecule has 0 saturated carbocycles. The Morgan fingerprint density at radius 2 is 0.917 bits per heavy atom. The number of likely N-dealkylation sites (tertiary alicyclic amines) is 2. The van der Waals surface area contributed by atoms with Gasteiger partial charge in [-0.3, -0.25) is 44.5 Å². The molecule has 2 saturated heterocycles. The zero-order valence-electron chi connectivity index (χ0n) is 35.6. The van der Waals surface area contributed by atoms with Crippen LogP contribution in [0.1, 0.15) is 88.0 Å². The van der Waals surface area contributed by atoms with Crippen LogP contribution in [0.2, 0.25) is 0 Å². The molecule has 60 heavy (non-hydrogen) atoms. The van der Waals surface area contributed by atoms with Crippen molar-refractivity contribution in [3.8, 4) is 0 Å². The Morgan fingerprint density at radius 3 is 1.27 bits per heavy atom. The molecule has 0 aromatic heterocycles. The topological polar surface area (TPSA) is 313 Å². The normalized spacial score (nSPS) is 15.7. The first kappa shape index (κ1) is 54.1. The number of esters is 4. The van der Waals surface area contributed by atoms with Gasteiger partial charge in [0, 0.05) is 13.1 Å². The summed E-state index contributed by atoms with van der Waals surface area (Å²) in [5, 5.41) is 3.28. The molecule has 2 rings (SSSR count). The van der Waals surface area contributed by atoms with Gasteiger partial charge in [-0.1, -0.05) is 0 Å². The molecule has 2 aliphatic rings. The zero-order chi connectivity index (χ0) is 46.6. The Labute approximate surface area is 352 Å². The SMILES string of the molecule is CC(C)(C)OC(=O)C(=O)Cl.COC(=O)CNC(=O)NNC(=O)[C@@H]1CCCN1C(=O)C(=O)OC(C)(C)C.COC(=O)CNC(=O)NNC(=O)[C@@H]1CCCN1C(=O)OC(C)(C)C. The van der Waals surface area contributed by atoms with Gasteiger partial charge in [0.1, 0.15) is 42.0 Å². The fourth-order valence-electron chi connectivity index (χ4n) is 4.56. The lowest BCUT2D eigenvalue weighted by Crippen LogP contribution is -2.55. The number of amides is 8. The number of nitrogens with one attached hydrogen (secondary N) is 6. The number of carbonyl (C=O) groups is 11. The average molecular weight is 881 g/mol. The summed E-state index contributed by atoms with van der Waals surface area (Å²) in [5.41, 5.74) is 6.37. The summed E-state index contributed by atoms with van der Waals surface area (Å²) in [6.45, 7) is 15.0. The van der Waals surface area contributed by atoms with Crippen LogP contribution in [0.15, 0.2) is 0 Å². The molecule has 6 N–H and O–H groups in total. The van der Waals surface area contributed by atoms with Crippen molar-refractivity contribution in [2.75, 3.05) is 40.4 Å². The number of hydrogen-bond donors (Lipinski definition) is 6. The Morgan fingerprint density at radius 1 is 0.550 bits per heavy atom. The molecule has 340 valence electrons. The first-order valence-electron chi connectivity index (χ1n) is 18.3. The third-order valence-electron chi connectivity index (χ3n) is 6.97. The van der Waals surface area contributed by atoms with Gasteiger partial charge in [0.2, 0.25) is 0 Å². The maximum atomic E-state index is 12.2. The molecule has 2 fully saturated rings. The zero-order valence-corrected chi connectivity index (χ0v) is 36.4. The van der Waals surface area contributed by atoms with E-state index in [1.807, 2.05) is 0 Å². The molecule has 2 heterocycles. The van der Waals surface area contributed by atoms with Crippen LogP contribution in [-0.2, 0) is 62.0 Å². The van der Waals surface area contributed by atoms with Crippen LogP contribution in [0, 0.1) is 0 Å². The summed E-state index contributed by atoms with van der Waals surface area (Å²) in [4.78, 5) is 128. The van der Waals surface area contributed by atoms with Crippen molar-refractivity contribution in [3.63, 3.8) is 0 Å². The van der Waals surface area contributed by atoms with Crippen molar-refractivity contribution in [2.24, 2.45) is 0 Å². The lowest BCUT2D eigenvalue weighted by molar-refractivity contribution is -0.168. The number of methoxy groups -OCH3 is 2. The molecule has 25 heteroatoms. The van der Waals surface area contributed by atoms with E-state index < -0.39 is 93.9 Å². The van der Waals surface area contributed by atoms with E-state index in [0.717, 1.165) is 4.90 Å². The maximum Gasteiger partial charge on any atom is 0.410 e. The molecular weight excluding hydrogens is 824 g/mol. The number of nitrogens with zero attached hydrogens (tertiary/aromatic N) is 2. The molecule has 0 spiro atoms. The summed E-state index contributed by atoms with van der Waals surface area (Å²) >= 11 is 4.82. The molecule has 0 unspecified atom stereocenters. The van der Waals surface area contributed by atoms with Crippen LogP contribution in [0.4, 0.5) is 14.4 Å². The molecule has 2 aliphatic heterocycles. The first-order chi connectivity index (χ1) is 27.5. The summed E-state index contributed by atoms with van der Waals surface area (Å²) in [7, 11) is 2.36. The van der Waals surface area contributed by atoms with E-state index >= 15 is 0 Å². The maximum absolute atomic E-state index is 12.2. The van der Waals surface area contributed by atoms with E-state index in [0.29, 0.717) is 32.2 Å². The van der Waals surface area contributed by atoms with Crippen molar-refractivity contribution in [2.45, 2.75) is 117 Å². The van der Waals surface area contributed by atoms with Gasteiger partial charge in [-0.25, -0.2) is 34.8 Å². The molecule has 0 aliphatic carbocycles. The fourth-order valence-corrected chi connectivity index (χ4v) is 4.60. The number of hydrazine groups is 2. The lowest BCUT2D eigenvalue weighted by Gasteiger charge is -2.28. The van der Waals surface area contributed by atoms with Crippen LogP contribution < -0.4 is 32.3 Å². The van der Waals surface area contributed by atoms with E-state index in [2.05, 4.69) is 46.5 Å². The minimum atomic E-state index is -1.09. The van der Waals surface area contributed by atoms with E-state index in [9.17, 15) is 52.7 Å². The van der Waals surface area contributed by atoms with Crippen LogP contribution in [0.5, 0.6) is 0 Å². The quantitative estimate of drug-likeness (QED) is 0.0635. The van der Waals surface area contributed by atoms with Crippen molar-refractivity contribution in [3.05, 3.63) is 0 Å². The molecule has 0 bridgehead atoms. The molecular formula is C35H57ClN8O16. The number of ether oxygens (including phenoxy) is 5. The average Bonchev–Trinajstić information content (AvgIpc) is 3.83. The number of rotatable bonds is 7. The van der Waals surface area contributed by atoms with Crippen LogP contribution in [0.3, 0.4) is 0 Å². The van der Waals surface area contributed by atoms with Gasteiger partial charge in [-0.2, -0.15) is 0 Å². The highest BCUT2D eigenvalue weighted by molar-refractivity contribution is 6.80. The molecule has 2 atom stereocenters. The van der Waals surface area contributed by atoms with Crippen LogP contribution >= 0.6 is 11.6 Å². The van der Waals surface area contributed by atoms with E-state index in [4.69, 9.17) is 21.1 Å². The second-order valence-corrected chi connectivity index (χ2v) is 15.9. The highest BCUT2D eigenvalue weighted by atomic mass is 35.5. The van der Waals surface area contributed by atoms with Crippen molar-refractivity contribution < 1.29 is 76.4 Å². The van der Waals surface area contributed by atoms with Gasteiger partial charge >= 0.3 is 53.2 Å². The minimum Gasteiger partial charge on any atom is -0.468 e. The van der Waals surface area contributed by atoms with Gasteiger partial charge < -0.3 is 39.2 Å². The van der Waals surface area contributed by atoms with E-state index in [1.165, 1.54) is 19.1 Å². The molecule has 0 radical (unpaired) electrons. The predicted molar refractivity (Wildman–Crippen MR) is 207 cm³/mol. The van der Waals surface area contributed by atoms with E-state index in [-0.39, 0.29) is 19.6 Å². The highest BCUT2D eigenvalue weighted by Crippen LogP contribution is 2.21. The Balaban J connectivity index is 0.000000951. The first-order valence-corrected chi connectivity index (χ1v) is 18.7. The van der Waals surface area contributed by atoms with Gasteiger partial charge in [-0.15, -0.1) is 0 Å². The summed E-state index contributed by atoms with van der Waals surface area (Å²) in [6, 6.07) is -3.22. The van der Waals surface area contributed by atoms with Gasteiger partial charge in [0.15, 0.2) is 0 Å². The van der Waals surface area contributed by atoms with E-state index in [1.54, 1.807) is 62.3 Å². The fraction of sp³-hybridized carbons (Fsp3) is 0.686. The molecule has 0 aromatic rings. The number of urea groups is 2. The van der Waals surface area contributed by atoms with Crippen LogP contribution in [-0.4, -0.2) is 144 Å². The second-order valence-electron chi connectivity index (χ2n) is 15.5. The molecule has 0 aromatic carbocycles. The monoisotopic (exact) mass is 880 g/mol. The minimum absolute atomic E-state index is 0.227. The van der Waals surface area contributed by atoms with Crippen LogP contribution in [0.25, 0.3) is 0 Å². The second kappa shape index (κ2) is 24.9. The number of carbonyl (C=O) groups excluding carboxylic acids is 11. The Hall–Kier alpha value is -5.94. The summed E-state index contributed by atoms with van der Waals surface area (Å²) in [6.07, 6.45) is 1.42. The van der Waals surface area contributed by atoms with Crippen molar-refractivity contribution >= 4 is 76.6 Å². The number of hydrogen-bond acceptors (Lipinski definition) is 16. The molecule has 24 nitrogen and oxygen atoms in total.